The highest BCUT2D eigenvalue weighted by Crippen LogP contribution is 2.26. The number of aliphatic imine (C=N–C) groups is 1. The van der Waals surface area contributed by atoms with Crippen LogP contribution in [0, 0.1) is 0 Å². The van der Waals surface area contributed by atoms with E-state index in [-0.39, 0.29) is 0 Å². The fraction of sp³-hybridized carbons (Fsp3) is 0.250. The van der Waals surface area contributed by atoms with E-state index in [1.165, 1.54) is 0 Å². The van der Waals surface area contributed by atoms with Crippen LogP contribution in [0.25, 0.3) is 22.2 Å². The molecule has 0 saturated heterocycles. The Bertz CT molecular complexity index is 1390. The Balaban J connectivity index is 1.50. The molecule has 6 heteroatoms. The smallest absolute Gasteiger partial charge is 0.336 e. The van der Waals surface area contributed by atoms with Crippen LogP contribution in [-0.4, -0.2) is 51.5 Å². The van der Waals surface area contributed by atoms with Crippen molar-refractivity contribution in [2.45, 2.75) is 26.3 Å². The molecule has 0 radical (unpaired) electrons. The molecule has 0 unspecified atom stereocenters. The predicted octanol–water partition coefficient (Wildman–Crippen LogP) is 5.09. The number of aromatic carboxylic acids is 1. The summed E-state index contributed by atoms with van der Waals surface area (Å²) in [6.45, 7) is 4.66. The molecule has 5 rings (SSSR count). The number of imidazole rings is 1. The third-order valence-electron chi connectivity index (χ3n) is 6.38. The third-order valence-corrected chi connectivity index (χ3v) is 6.38. The van der Waals surface area contributed by atoms with Crippen LogP contribution in [0.15, 0.2) is 71.7 Å². The van der Waals surface area contributed by atoms with Crippen molar-refractivity contribution in [1.29, 1.82) is 0 Å². The van der Waals surface area contributed by atoms with Crippen LogP contribution in [0.2, 0.25) is 0 Å². The molecule has 1 aliphatic heterocycles. The van der Waals surface area contributed by atoms with Gasteiger partial charge in [0.05, 0.1) is 23.1 Å². The molecule has 0 bridgehead atoms. The second kappa shape index (κ2) is 9.14. The first kappa shape index (κ1) is 21.9. The first-order valence-corrected chi connectivity index (χ1v) is 11.7. The van der Waals surface area contributed by atoms with Gasteiger partial charge in [0.15, 0.2) is 0 Å². The van der Waals surface area contributed by atoms with Crippen molar-refractivity contribution in [3.63, 3.8) is 0 Å². The molecule has 0 fully saturated rings. The zero-order chi connectivity index (χ0) is 23.7. The van der Waals surface area contributed by atoms with Crippen LogP contribution in [-0.2, 0) is 13.0 Å². The number of aryl methyl sites for hydroxylation is 1. The standard InChI is InChI=1S/C28H28N4O2/c1-3-6-26-30-24-14-13-21(27-29-15-16-31(27)2)17-25(24)32(26)18-19-9-11-20(12-10-19)22-7-4-5-8-23(22)28(33)34/h4-5,7-14,17H,3,6,15-16,18H2,1-2H3,(H,33,34). The summed E-state index contributed by atoms with van der Waals surface area (Å²) in [5, 5.41) is 9.53. The van der Waals surface area contributed by atoms with Crippen molar-refractivity contribution in [1.82, 2.24) is 14.5 Å². The number of rotatable bonds is 7. The number of nitrogens with zero attached hydrogens (tertiary/aromatic N) is 4. The predicted molar refractivity (Wildman–Crippen MR) is 136 cm³/mol. The number of hydrogen-bond donors (Lipinski definition) is 1. The Morgan fingerprint density at radius 2 is 1.79 bits per heavy atom. The fourth-order valence-electron chi connectivity index (χ4n) is 4.64. The molecule has 172 valence electrons. The van der Waals surface area contributed by atoms with Gasteiger partial charge in [-0.25, -0.2) is 9.78 Å². The highest BCUT2D eigenvalue weighted by atomic mass is 16.4. The minimum absolute atomic E-state index is 0.313. The second-order valence-electron chi connectivity index (χ2n) is 8.74. The number of aromatic nitrogens is 2. The van der Waals surface area contributed by atoms with Crippen LogP contribution in [0.1, 0.15) is 40.7 Å². The summed E-state index contributed by atoms with van der Waals surface area (Å²) in [6, 6.07) is 21.7. The topological polar surface area (TPSA) is 70.7 Å². The number of benzene rings is 3. The van der Waals surface area contributed by atoms with Gasteiger partial charge < -0.3 is 14.6 Å². The van der Waals surface area contributed by atoms with Gasteiger partial charge >= 0.3 is 5.97 Å². The van der Waals surface area contributed by atoms with E-state index in [1.54, 1.807) is 12.1 Å². The summed E-state index contributed by atoms with van der Waals surface area (Å²) in [5.74, 6) is 1.20. The Labute approximate surface area is 199 Å². The largest absolute Gasteiger partial charge is 0.478 e. The van der Waals surface area contributed by atoms with Gasteiger partial charge in [-0.15, -0.1) is 0 Å². The van der Waals surface area contributed by atoms with Gasteiger partial charge in [-0.3, -0.25) is 4.99 Å². The lowest BCUT2D eigenvalue weighted by Crippen LogP contribution is -2.23. The first-order chi connectivity index (χ1) is 16.5. The zero-order valence-corrected chi connectivity index (χ0v) is 19.5. The molecule has 0 amide bonds. The van der Waals surface area contributed by atoms with Gasteiger partial charge in [-0.2, -0.15) is 0 Å². The van der Waals surface area contributed by atoms with E-state index < -0.39 is 5.97 Å². The van der Waals surface area contributed by atoms with Gasteiger partial charge in [0, 0.05) is 32.1 Å². The molecule has 1 aromatic heterocycles. The maximum atomic E-state index is 11.6. The van der Waals surface area contributed by atoms with Crippen molar-refractivity contribution in [3.8, 4) is 11.1 Å². The third kappa shape index (κ3) is 4.07. The number of hydrogen-bond acceptors (Lipinski definition) is 4. The summed E-state index contributed by atoms with van der Waals surface area (Å²) in [6.07, 6.45) is 1.94. The van der Waals surface area contributed by atoms with Gasteiger partial charge in [0.25, 0.3) is 0 Å². The van der Waals surface area contributed by atoms with Gasteiger partial charge in [-0.05, 0) is 47.4 Å². The van der Waals surface area contributed by atoms with E-state index in [0.717, 1.165) is 70.9 Å². The molecular formula is C28H28N4O2. The Hall–Kier alpha value is -3.93. The lowest BCUT2D eigenvalue weighted by Gasteiger charge is -2.14. The molecule has 6 nitrogen and oxygen atoms in total. The number of carboxylic acids is 1. The normalized spacial score (nSPS) is 13.5. The lowest BCUT2D eigenvalue weighted by molar-refractivity contribution is 0.0697. The maximum Gasteiger partial charge on any atom is 0.336 e. The van der Waals surface area contributed by atoms with Crippen LogP contribution in [0.3, 0.4) is 0 Å². The minimum atomic E-state index is -0.915. The SMILES string of the molecule is CCCc1nc2ccc(C3=NCCN3C)cc2n1Cc1ccc(-c2ccccc2C(=O)O)cc1. The summed E-state index contributed by atoms with van der Waals surface area (Å²) in [4.78, 5) is 23.4. The molecule has 1 aliphatic rings. The molecule has 3 aromatic carbocycles. The molecule has 0 aliphatic carbocycles. The monoisotopic (exact) mass is 452 g/mol. The first-order valence-electron chi connectivity index (χ1n) is 11.7. The van der Waals surface area contributed by atoms with Crippen molar-refractivity contribution in [2.75, 3.05) is 20.1 Å². The Morgan fingerprint density at radius 1 is 1.03 bits per heavy atom. The zero-order valence-electron chi connectivity index (χ0n) is 19.5. The highest BCUT2D eigenvalue weighted by molar-refractivity contribution is 6.02. The van der Waals surface area contributed by atoms with Crippen molar-refractivity contribution in [3.05, 3.63) is 89.2 Å². The van der Waals surface area contributed by atoms with Crippen LogP contribution < -0.4 is 0 Å². The average molecular weight is 453 g/mol. The van der Waals surface area contributed by atoms with E-state index in [4.69, 9.17) is 4.98 Å². The number of amidine groups is 1. The second-order valence-corrected chi connectivity index (χ2v) is 8.74. The van der Waals surface area contributed by atoms with Crippen molar-refractivity contribution < 1.29 is 9.90 Å². The Kier molecular flexibility index (Phi) is 5.88. The van der Waals surface area contributed by atoms with E-state index >= 15 is 0 Å². The van der Waals surface area contributed by atoms with Gasteiger partial charge in [0.2, 0.25) is 0 Å². The molecule has 2 heterocycles. The van der Waals surface area contributed by atoms with E-state index in [0.29, 0.717) is 12.1 Å². The van der Waals surface area contributed by atoms with E-state index in [2.05, 4.69) is 58.8 Å². The molecule has 0 atom stereocenters. The summed E-state index contributed by atoms with van der Waals surface area (Å²) in [7, 11) is 2.08. The molecule has 0 saturated carbocycles. The molecular weight excluding hydrogens is 424 g/mol. The lowest BCUT2D eigenvalue weighted by atomic mass is 9.99. The van der Waals surface area contributed by atoms with Crippen molar-refractivity contribution in [2.24, 2.45) is 4.99 Å². The molecule has 4 aromatic rings. The van der Waals surface area contributed by atoms with Gasteiger partial charge in [0.1, 0.15) is 11.7 Å². The molecule has 0 spiro atoms. The van der Waals surface area contributed by atoms with E-state index in [1.807, 2.05) is 24.3 Å². The highest BCUT2D eigenvalue weighted by Gasteiger charge is 2.18. The van der Waals surface area contributed by atoms with Gasteiger partial charge in [-0.1, -0.05) is 49.4 Å². The minimum Gasteiger partial charge on any atom is -0.478 e. The van der Waals surface area contributed by atoms with E-state index in [9.17, 15) is 9.90 Å². The van der Waals surface area contributed by atoms with Crippen LogP contribution in [0.5, 0.6) is 0 Å². The van der Waals surface area contributed by atoms with Crippen LogP contribution in [0.4, 0.5) is 0 Å². The number of fused-ring (bicyclic) bond motifs is 1. The summed E-state index contributed by atoms with van der Waals surface area (Å²) >= 11 is 0. The molecule has 34 heavy (non-hydrogen) atoms. The molecule has 1 N–H and O–H groups in total. The quantitative estimate of drug-likeness (QED) is 0.424. The number of carbonyl (C=O) groups is 1. The van der Waals surface area contributed by atoms with Crippen LogP contribution >= 0.6 is 0 Å². The maximum absolute atomic E-state index is 11.6. The summed E-state index contributed by atoms with van der Waals surface area (Å²) in [5.41, 5.74) is 6.33. The Morgan fingerprint density at radius 3 is 2.50 bits per heavy atom. The number of carboxylic acid groups (broad SMARTS) is 1. The average Bonchev–Trinajstić information content (AvgIpc) is 3.42. The number of likely N-dealkylation sites (N-methyl/N-ethyl adjacent to an activating group) is 1. The fourth-order valence-corrected chi connectivity index (χ4v) is 4.64. The van der Waals surface area contributed by atoms with Crippen molar-refractivity contribution >= 4 is 22.8 Å². The summed E-state index contributed by atoms with van der Waals surface area (Å²) < 4.78 is 2.30.